The van der Waals surface area contributed by atoms with E-state index in [1.165, 1.54) is 6.20 Å². The first-order valence-corrected chi connectivity index (χ1v) is 4.22. The minimum absolute atomic E-state index is 0.0478. The van der Waals surface area contributed by atoms with Gasteiger partial charge in [-0.25, -0.2) is 0 Å². The number of aliphatic imine (C=N–C) groups is 1. The Labute approximate surface area is 79.0 Å². The van der Waals surface area contributed by atoms with Crippen LogP contribution in [-0.4, -0.2) is 5.71 Å². The number of allylic oxidation sites excluding steroid dienone is 1. The summed E-state index contributed by atoms with van der Waals surface area (Å²) < 4.78 is 0. The molecule has 0 heterocycles. The van der Waals surface area contributed by atoms with Gasteiger partial charge in [0.1, 0.15) is 17.7 Å². The SMILES string of the molecule is CCC(=NC=C(C#N)C#N)C(C)C. The van der Waals surface area contributed by atoms with Gasteiger partial charge in [0.2, 0.25) is 0 Å². The third kappa shape index (κ3) is 4.08. The van der Waals surface area contributed by atoms with Gasteiger partial charge >= 0.3 is 0 Å². The highest BCUT2D eigenvalue weighted by Gasteiger charge is 2.00. The van der Waals surface area contributed by atoms with E-state index in [0.717, 1.165) is 12.1 Å². The first kappa shape index (κ1) is 11.4. The fraction of sp³-hybridized carbons (Fsp3) is 0.500. The first-order valence-electron chi connectivity index (χ1n) is 4.22. The molecule has 0 aromatic rings. The number of nitriles is 2. The van der Waals surface area contributed by atoms with Gasteiger partial charge in [0, 0.05) is 5.71 Å². The minimum atomic E-state index is 0.0478. The standard InChI is InChI=1S/C10H13N3/c1-4-10(8(2)3)13-7-9(5-11)6-12/h7-8H,4H2,1-3H3. The van der Waals surface area contributed by atoms with E-state index in [1.54, 1.807) is 12.1 Å². The molecule has 0 spiro atoms. The predicted molar refractivity (Wildman–Crippen MR) is 51.9 cm³/mol. The van der Waals surface area contributed by atoms with Crippen molar-refractivity contribution in [3.05, 3.63) is 11.8 Å². The molecule has 0 rings (SSSR count). The molecule has 0 aliphatic rings. The van der Waals surface area contributed by atoms with Gasteiger partial charge in [0.05, 0.1) is 6.20 Å². The second-order valence-electron chi connectivity index (χ2n) is 2.90. The molecule has 0 aromatic carbocycles. The Morgan fingerprint density at radius 1 is 1.38 bits per heavy atom. The zero-order valence-corrected chi connectivity index (χ0v) is 8.20. The smallest absolute Gasteiger partial charge is 0.147 e. The molecule has 0 aromatic heterocycles. The second kappa shape index (κ2) is 5.97. The summed E-state index contributed by atoms with van der Waals surface area (Å²) in [4.78, 5) is 4.09. The van der Waals surface area contributed by atoms with Crippen LogP contribution in [0.2, 0.25) is 0 Å². The van der Waals surface area contributed by atoms with Gasteiger partial charge in [-0.1, -0.05) is 20.8 Å². The summed E-state index contributed by atoms with van der Waals surface area (Å²) in [6, 6.07) is 3.53. The topological polar surface area (TPSA) is 59.9 Å². The van der Waals surface area contributed by atoms with E-state index in [2.05, 4.69) is 4.99 Å². The molecule has 0 radical (unpaired) electrons. The highest BCUT2D eigenvalue weighted by Crippen LogP contribution is 2.02. The number of rotatable bonds is 3. The normalized spacial score (nSPS) is 10.5. The maximum Gasteiger partial charge on any atom is 0.147 e. The van der Waals surface area contributed by atoms with Crippen LogP contribution in [0.15, 0.2) is 16.8 Å². The van der Waals surface area contributed by atoms with Gasteiger partial charge in [-0.05, 0) is 12.3 Å². The number of hydrogen-bond donors (Lipinski definition) is 0. The summed E-state index contributed by atoms with van der Waals surface area (Å²) in [7, 11) is 0. The van der Waals surface area contributed by atoms with E-state index in [4.69, 9.17) is 10.5 Å². The Kier molecular flexibility index (Phi) is 5.23. The second-order valence-corrected chi connectivity index (χ2v) is 2.90. The molecule has 0 fully saturated rings. The number of nitrogens with zero attached hydrogens (tertiary/aromatic N) is 3. The quantitative estimate of drug-likeness (QED) is 0.488. The highest BCUT2D eigenvalue weighted by atomic mass is 14.7. The third-order valence-electron chi connectivity index (χ3n) is 1.63. The molecule has 0 unspecified atom stereocenters. The van der Waals surface area contributed by atoms with Crippen LogP contribution in [0.4, 0.5) is 0 Å². The van der Waals surface area contributed by atoms with E-state index < -0.39 is 0 Å². The van der Waals surface area contributed by atoms with Gasteiger partial charge < -0.3 is 0 Å². The zero-order chi connectivity index (χ0) is 10.3. The number of hydrogen-bond acceptors (Lipinski definition) is 3. The lowest BCUT2D eigenvalue weighted by atomic mass is 10.1. The molecular weight excluding hydrogens is 162 g/mol. The Morgan fingerprint density at radius 3 is 2.23 bits per heavy atom. The van der Waals surface area contributed by atoms with Gasteiger partial charge in [-0.3, -0.25) is 4.99 Å². The lowest BCUT2D eigenvalue weighted by molar-refractivity contribution is 0.857. The van der Waals surface area contributed by atoms with Crippen LogP contribution in [0.5, 0.6) is 0 Å². The lowest BCUT2D eigenvalue weighted by Crippen LogP contribution is -2.04. The van der Waals surface area contributed by atoms with Crippen LogP contribution >= 0.6 is 0 Å². The fourth-order valence-electron chi connectivity index (χ4n) is 0.879. The van der Waals surface area contributed by atoms with Crippen LogP contribution in [0.1, 0.15) is 27.2 Å². The van der Waals surface area contributed by atoms with Crippen LogP contribution in [0.3, 0.4) is 0 Å². The average Bonchev–Trinajstić information content (AvgIpc) is 2.12. The maximum atomic E-state index is 8.44. The van der Waals surface area contributed by atoms with Crippen molar-refractivity contribution in [1.29, 1.82) is 10.5 Å². The highest BCUT2D eigenvalue weighted by molar-refractivity contribution is 5.86. The van der Waals surface area contributed by atoms with Crippen LogP contribution in [-0.2, 0) is 0 Å². The average molecular weight is 175 g/mol. The molecule has 13 heavy (non-hydrogen) atoms. The van der Waals surface area contributed by atoms with Crippen LogP contribution < -0.4 is 0 Å². The van der Waals surface area contributed by atoms with Crippen molar-refractivity contribution in [3.8, 4) is 12.1 Å². The Morgan fingerprint density at radius 2 is 1.92 bits per heavy atom. The molecule has 0 saturated carbocycles. The maximum absolute atomic E-state index is 8.44. The summed E-state index contributed by atoms with van der Waals surface area (Å²) in [5.41, 5.74) is 1.05. The van der Waals surface area contributed by atoms with Gasteiger partial charge in [0.25, 0.3) is 0 Å². The zero-order valence-electron chi connectivity index (χ0n) is 8.20. The summed E-state index contributed by atoms with van der Waals surface area (Å²) in [6.07, 6.45) is 2.18. The summed E-state index contributed by atoms with van der Waals surface area (Å²) in [5.74, 6) is 0.361. The molecule has 0 saturated heterocycles. The summed E-state index contributed by atoms with van der Waals surface area (Å²) in [5, 5.41) is 16.9. The first-order chi connectivity index (χ1) is 6.15. The molecule has 0 N–H and O–H groups in total. The molecular formula is C10H13N3. The molecule has 3 heteroatoms. The van der Waals surface area contributed by atoms with Crippen molar-refractivity contribution >= 4 is 5.71 Å². The monoisotopic (exact) mass is 175 g/mol. The fourth-order valence-corrected chi connectivity index (χ4v) is 0.879. The van der Waals surface area contributed by atoms with Crippen molar-refractivity contribution in [2.75, 3.05) is 0 Å². The van der Waals surface area contributed by atoms with E-state index in [1.807, 2.05) is 20.8 Å². The minimum Gasteiger partial charge on any atom is -0.263 e. The molecule has 0 aliphatic carbocycles. The largest absolute Gasteiger partial charge is 0.263 e. The van der Waals surface area contributed by atoms with E-state index in [0.29, 0.717) is 5.92 Å². The van der Waals surface area contributed by atoms with Gasteiger partial charge in [-0.2, -0.15) is 10.5 Å². The van der Waals surface area contributed by atoms with E-state index in [9.17, 15) is 0 Å². The Balaban J connectivity index is 4.67. The van der Waals surface area contributed by atoms with Crippen molar-refractivity contribution in [3.63, 3.8) is 0 Å². The van der Waals surface area contributed by atoms with E-state index >= 15 is 0 Å². The third-order valence-corrected chi connectivity index (χ3v) is 1.63. The Bertz CT molecular complexity index is 281. The summed E-state index contributed by atoms with van der Waals surface area (Å²) in [6.45, 7) is 6.08. The predicted octanol–water partition coefficient (Wildman–Crippen LogP) is 2.42. The molecule has 0 atom stereocenters. The van der Waals surface area contributed by atoms with Crippen molar-refractivity contribution < 1.29 is 0 Å². The van der Waals surface area contributed by atoms with E-state index in [-0.39, 0.29) is 5.57 Å². The molecule has 0 amide bonds. The van der Waals surface area contributed by atoms with Crippen molar-refractivity contribution in [1.82, 2.24) is 0 Å². The summed E-state index contributed by atoms with van der Waals surface area (Å²) >= 11 is 0. The Hall–Kier alpha value is -1.61. The van der Waals surface area contributed by atoms with Crippen LogP contribution in [0.25, 0.3) is 0 Å². The van der Waals surface area contributed by atoms with Crippen molar-refractivity contribution in [2.45, 2.75) is 27.2 Å². The van der Waals surface area contributed by atoms with Crippen LogP contribution in [0, 0.1) is 28.6 Å². The van der Waals surface area contributed by atoms with Gasteiger partial charge in [0.15, 0.2) is 0 Å². The lowest BCUT2D eigenvalue weighted by Gasteiger charge is -2.04. The van der Waals surface area contributed by atoms with Crippen molar-refractivity contribution in [2.24, 2.45) is 10.9 Å². The molecule has 0 aliphatic heterocycles. The molecule has 0 bridgehead atoms. The molecule has 3 nitrogen and oxygen atoms in total. The molecule has 68 valence electrons. The van der Waals surface area contributed by atoms with Gasteiger partial charge in [-0.15, -0.1) is 0 Å².